The van der Waals surface area contributed by atoms with Crippen LogP contribution in [0.1, 0.15) is 5.56 Å². The number of aryl methyl sites for hydroxylation is 1. The van der Waals surface area contributed by atoms with Crippen molar-refractivity contribution in [1.29, 1.82) is 0 Å². The summed E-state index contributed by atoms with van der Waals surface area (Å²) in [4.78, 5) is 16.7. The van der Waals surface area contributed by atoms with Crippen LogP contribution < -0.4 is 5.32 Å². The summed E-state index contributed by atoms with van der Waals surface area (Å²) >= 11 is 1.27. The van der Waals surface area contributed by atoms with Crippen molar-refractivity contribution >= 4 is 23.4 Å². The molecule has 1 amide bonds. The average Bonchev–Trinajstić information content (AvgIpc) is 3.19. The second kappa shape index (κ2) is 8.87. The van der Waals surface area contributed by atoms with Gasteiger partial charge in [-0.1, -0.05) is 35.5 Å². The Morgan fingerprint density at radius 1 is 1.03 bits per heavy atom. The third-order valence-corrected chi connectivity index (χ3v) is 5.21. The molecule has 0 radical (unpaired) electrons. The van der Waals surface area contributed by atoms with Crippen LogP contribution in [0.3, 0.4) is 0 Å². The van der Waals surface area contributed by atoms with Crippen LogP contribution in [0.4, 0.5) is 10.1 Å². The first-order valence-corrected chi connectivity index (χ1v) is 10.2. The van der Waals surface area contributed by atoms with E-state index < -0.39 is 0 Å². The number of hydrogen-bond donors (Lipinski definition) is 1. The molecule has 30 heavy (non-hydrogen) atoms. The van der Waals surface area contributed by atoms with E-state index in [2.05, 4.69) is 20.5 Å². The Morgan fingerprint density at radius 2 is 1.80 bits per heavy atom. The summed E-state index contributed by atoms with van der Waals surface area (Å²) in [6.45, 7) is 2.02. The Hall–Kier alpha value is -3.52. The Balaban J connectivity index is 1.58. The largest absolute Gasteiger partial charge is 0.325 e. The molecule has 2 aromatic heterocycles. The molecule has 150 valence electrons. The number of rotatable bonds is 6. The van der Waals surface area contributed by atoms with Gasteiger partial charge < -0.3 is 5.32 Å². The van der Waals surface area contributed by atoms with E-state index in [1.807, 2.05) is 54.0 Å². The summed E-state index contributed by atoms with van der Waals surface area (Å²) in [5, 5.41) is 11.9. The lowest BCUT2D eigenvalue weighted by Gasteiger charge is -2.10. The summed E-state index contributed by atoms with van der Waals surface area (Å²) in [6.07, 6.45) is 1.70. The van der Waals surface area contributed by atoms with E-state index in [0.717, 1.165) is 11.3 Å². The molecule has 0 fully saturated rings. The fourth-order valence-electron chi connectivity index (χ4n) is 2.81. The number of aromatic nitrogens is 4. The smallest absolute Gasteiger partial charge is 0.234 e. The van der Waals surface area contributed by atoms with Crippen LogP contribution in [-0.2, 0) is 4.79 Å². The maximum absolute atomic E-state index is 13.0. The van der Waals surface area contributed by atoms with Gasteiger partial charge in [-0.15, -0.1) is 10.2 Å². The third kappa shape index (κ3) is 4.55. The summed E-state index contributed by atoms with van der Waals surface area (Å²) in [7, 11) is 0. The zero-order valence-corrected chi connectivity index (χ0v) is 16.9. The van der Waals surface area contributed by atoms with Gasteiger partial charge in [-0.2, -0.15) is 0 Å². The van der Waals surface area contributed by atoms with Gasteiger partial charge in [-0.25, -0.2) is 4.39 Å². The number of nitrogens with zero attached hydrogens (tertiary/aromatic N) is 4. The molecule has 0 unspecified atom stereocenters. The van der Waals surface area contributed by atoms with Gasteiger partial charge in [0.2, 0.25) is 5.91 Å². The van der Waals surface area contributed by atoms with Gasteiger partial charge in [0, 0.05) is 17.6 Å². The minimum atomic E-state index is -0.351. The number of carbonyl (C=O) groups is 1. The molecule has 0 spiro atoms. The molecule has 4 rings (SSSR count). The van der Waals surface area contributed by atoms with Crippen molar-refractivity contribution in [2.24, 2.45) is 0 Å². The number of carbonyl (C=O) groups excluding carboxylic acids is 1. The van der Waals surface area contributed by atoms with Crippen LogP contribution in [0, 0.1) is 12.7 Å². The Morgan fingerprint density at radius 3 is 2.50 bits per heavy atom. The van der Waals surface area contributed by atoms with Crippen LogP contribution in [-0.4, -0.2) is 31.4 Å². The lowest BCUT2D eigenvalue weighted by Crippen LogP contribution is -2.14. The van der Waals surface area contributed by atoms with Crippen LogP contribution in [0.25, 0.3) is 17.2 Å². The normalized spacial score (nSPS) is 10.7. The fourth-order valence-corrected chi connectivity index (χ4v) is 3.56. The van der Waals surface area contributed by atoms with Gasteiger partial charge in [0.25, 0.3) is 0 Å². The van der Waals surface area contributed by atoms with Gasteiger partial charge in [-0.3, -0.25) is 14.3 Å². The summed E-state index contributed by atoms with van der Waals surface area (Å²) in [6, 6.07) is 19.2. The highest BCUT2D eigenvalue weighted by atomic mass is 32.2. The van der Waals surface area contributed by atoms with E-state index in [1.165, 1.54) is 36.0 Å². The van der Waals surface area contributed by atoms with Crippen molar-refractivity contribution < 1.29 is 9.18 Å². The van der Waals surface area contributed by atoms with Crippen molar-refractivity contribution in [2.75, 3.05) is 11.1 Å². The van der Waals surface area contributed by atoms with E-state index in [9.17, 15) is 9.18 Å². The SMILES string of the molecule is Cc1ccc(-n2c(SCC(=O)Nc3ccc(F)cc3)nnc2-c2ccccn2)cc1. The standard InChI is InChI=1S/C22H18FN5OS/c1-15-5-11-18(12-6-15)28-21(19-4-2-3-13-24-19)26-27-22(28)30-14-20(29)25-17-9-7-16(23)8-10-17/h2-13H,14H2,1H3,(H,25,29). The highest BCUT2D eigenvalue weighted by Gasteiger charge is 2.18. The van der Waals surface area contributed by atoms with Crippen LogP contribution in [0.2, 0.25) is 0 Å². The van der Waals surface area contributed by atoms with Crippen LogP contribution >= 0.6 is 11.8 Å². The van der Waals surface area contributed by atoms with Crippen molar-refractivity contribution in [2.45, 2.75) is 12.1 Å². The van der Waals surface area contributed by atoms with Crippen molar-refractivity contribution in [3.05, 3.63) is 84.3 Å². The summed E-state index contributed by atoms with van der Waals surface area (Å²) in [5.41, 5.74) is 3.25. The Bertz CT molecular complexity index is 1140. The highest BCUT2D eigenvalue weighted by molar-refractivity contribution is 7.99. The predicted molar refractivity (Wildman–Crippen MR) is 115 cm³/mol. The molecular weight excluding hydrogens is 401 g/mol. The summed E-state index contributed by atoms with van der Waals surface area (Å²) < 4.78 is 14.9. The monoisotopic (exact) mass is 419 g/mol. The third-order valence-electron chi connectivity index (χ3n) is 4.28. The molecule has 0 aliphatic rings. The van der Waals surface area contributed by atoms with E-state index in [1.54, 1.807) is 6.20 Å². The number of pyridine rings is 1. The molecule has 6 nitrogen and oxygen atoms in total. The number of halogens is 1. The minimum absolute atomic E-state index is 0.129. The van der Waals surface area contributed by atoms with E-state index in [4.69, 9.17) is 0 Å². The molecule has 0 aliphatic carbocycles. The lowest BCUT2D eigenvalue weighted by atomic mass is 10.2. The molecule has 0 bridgehead atoms. The second-order valence-electron chi connectivity index (χ2n) is 6.54. The molecule has 0 saturated carbocycles. The number of hydrogen-bond acceptors (Lipinski definition) is 5. The van der Waals surface area contributed by atoms with Gasteiger partial charge in [0.05, 0.1) is 5.75 Å². The first kappa shape index (κ1) is 19.8. The maximum atomic E-state index is 13.0. The number of anilines is 1. The van der Waals surface area contributed by atoms with Gasteiger partial charge in [-0.05, 0) is 55.5 Å². The molecule has 2 aromatic carbocycles. The topological polar surface area (TPSA) is 72.7 Å². The van der Waals surface area contributed by atoms with E-state index >= 15 is 0 Å². The van der Waals surface area contributed by atoms with Crippen molar-refractivity contribution in [1.82, 2.24) is 19.7 Å². The lowest BCUT2D eigenvalue weighted by molar-refractivity contribution is -0.113. The molecular formula is C22H18FN5OS. The molecule has 0 saturated heterocycles. The average molecular weight is 419 g/mol. The minimum Gasteiger partial charge on any atom is -0.325 e. The first-order chi connectivity index (χ1) is 14.6. The first-order valence-electron chi connectivity index (χ1n) is 9.22. The van der Waals surface area contributed by atoms with E-state index in [0.29, 0.717) is 22.4 Å². The van der Waals surface area contributed by atoms with Gasteiger partial charge in [0.1, 0.15) is 11.5 Å². The number of nitrogens with one attached hydrogen (secondary N) is 1. The molecule has 0 aliphatic heterocycles. The molecule has 4 aromatic rings. The van der Waals surface area contributed by atoms with Crippen molar-refractivity contribution in [3.8, 4) is 17.2 Å². The zero-order valence-electron chi connectivity index (χ0n) is 16.1. The number of amides is 1. The Labute approximate surface area is 177 Å². The second-order valence-corrected chi connectivity index (χ2v) is 7.48. The van der Waals surface area contributed by atoms with Crippen LogP contribution in [0.15, 0.2) is 78.1 Å². The van der Waals surface area contributed by atoms with Gasteiger partial charge >= 0.3 is 0 Å². The van der Waals surface area contributed by atoms with Crippen molar-refractivity contribution in [3.63, 3.8) is 0 Å². The van der Waals surface area contributed by atoms with Gasteiger partial charge in [0.15, 0.2) is 11.0 Å². The molecule has 0 atom stereocenters. The quantitative estimate of drug-likeness (QED) is 0.466. The summed E-state index contributed by atoms with van der Waals surface area (Å²) in [5.74, 6) is 0.157. The van der Waals surface area contributed by atoms with Crippen LogP contribution in [0.5, 0.6) is 0 Å². The molecule has 1 N–H and O–H groups in total. The number of benzene rings is 2. The predicted octanol–water partition coefficient (Wildman–Crippen LogP) is 4.51. The van der Waals surface area contributed by atoms with E-state index in [-0.39, 0.29) is 17.5 Å². The molecule has 8 heteroatoms. The molecule has 2 heterocycles. The fraction of sp³-hybridized carbons (Fsp3) is 0.0909. The number of thioether (sulfide) groups is 1. The zero-order chi connectivity index (χ0) is 20.9. The maximum Gasteiger partial charge on any atom is 0.234 e. The Kier molecular flexibility index (Phi) is 5.85. The highest BCUT2D eigenvalue weighted by Crippen LogP contribution is 2.27.